The lowest BCUT2D eigenvalue weighted by Gasteiger charge is -2.15. The summed E-state index contributed by atoms with van der Waals surface area (Å²) < 4.78 is 28.6. The van der Waals surface area contributed by atoms with Crippen LogP contribution in [-0.4, -0.2) is 79.3 Å². The first-order valence-electron chi connectivity index (χ1n) is 12.6. The number of benzene rings is 3. The summed E-state index contributed by atoms with van der Waals surface area (Å²) in [4.78, 5) is 24.6. The van der Waals surface area contributed by atoms with Crippen molar-refractivity contribution < 1.29 is 38.4 Å². The lowest BCUT2D eigenvalue weighted by atomic mass is 10.1. The molecule has 0 fully saturated rings. The lowest BCUT2D eigenvalue weighted by Crippen LogP contribution is -2.20. The van der Waals surface area contributed by atoms with Crippen molar-refractivity contribution in [3.8, 4) is 45.8 Å². The van der Waals surface area contributed by atoms with Crippen molar-refractivity contribution in [1.82, 2.24) is 20.2 Å². The number of aromatic nitrogens is 3. The van der Waals surface area contributed by atoms with E-state index in [1.807, 2.05) is 34.9 Å². The third-order valence-electron chi connectivity index (χ3n) is 6.09. The first-order valence-corrected chi connectivity index (χ1v) is 13.6. The van der Waals surface area contributed by atoms with Gasteiger partial charge in [-0.3, -0.25) is 9.36 Å². The van der Waals surface area contributed by atoms with Crippen LogP contribution in [0.25, 0.3) is 17.1 Å². The Kier molecular flexibility index (Phi) is 10.1. The minimum absolute atomic E-state index is 0.0454. The molecule has 4 rings (SSSR count). The van der Waals surface area contributed by atoms with E-state index in [9.17, 15) is 14.7 Å². The highest BCUT2D eigenvalue weighted by Gasteiger charge is 2.22. The van der Waals surface area contributed by atoms with Crippen molar-refractivity contribution in [3.05, 3.63) is 65.7 Å². The second kappa shape index (κ2) is 14.1. The van der Waals surface area contributed by atoms with Crippen molar-refractivity contribution >= 4 is 29.9 Å². The molecule has 14 heteroatoms. The van der Waals surface area contributed by atoms with Gasteiger partial charge in [-0.2, -0.15) is 5.10 Å². The van der Waals surface area contributed by atoms with Crippen molar-refractivity contribution in [2.45, 2.75) is 5.16 Å². The zero-order valence-electron chi connectivity index (χ0n) is 24.0. The molecule has 0 atom stereocenters. The Morgan fingerprint density at radius 3 is 2.12 bits per heavy atom. The number of para-hydroxylation sites is 1. The van der Waals surface area contributed by atoms with Crippen molar-refractivity contribution in [2.24, 2.45) is 5.10 Å². The number of amides is 1. The molecule has 13 nitrogen and oxygen atoms in total. The van der Waals surface area contributed by atoms with Crippen molar-refractivity contribution in [3.63, 3.8) is 0 Å². The molecule has 43 heavy (non-hydrogen) atoms. The number of hydrogen-bond donors (Lipinski definition) is 2. The maximum atomic E-state index is 12.7. The van der Waals surface area contributed by atoms with Gasteiger partial charge in [0.1, 0.15) is 5.56 Å². The summed E-state index contributed by atoms with van der Waals surface area (Å²) in [5.41, 5.74) is 3.90. The highest BCUT2D eigenvalue weighted by Crippen LogP contribution is 2.41. The van der Waals surface area contributed by atoms with Crippen LogP contribution in [0, 0.1) is 0 Å². The molecule has 4 aromatic rings. The van der Waals surface area contributed by atoms with Gasteiger partial charge in [0.2, 0.25) is 5.75 Å². The Labute approximate surface area is 251 Å². The first kappa shape index (κ1) is 30.7. The molecule has 0 bridgehead atoms. The number of carbonyl (C=O) groups is 2. The molecule has 2 N–H and O–H groups in total. The van der Waals surface area contributed by atoms with E-state index in [0.29, 0.717) is 33.8 Å². The zero-order valence-corrected chi connectivity index (χ0v) is 24.8. The highest BCUT2D eigenvalue weighted by atomic mass is 32.2. The number of hydrazone groups is 1. The molecule has 3 aromatic carbocycles. The number of hydrogen-bond acceptors (Lipinski definition) is 11. The Bertz CT molecular complexity index is 1620. The number of methoxy groups -OCH3 is 5. The Hall–Kier alpha value is -5.24. The Balaban J connectivity index is 1.58. The van der Waals surface area contributed by atoms with Gasteiger partial charge in [0.05, 0.1) is 47.5 Å². The van der Waals surface area contributed by atoms with Crippen LogP contribution in [-0.2, 0) is 4.79 Å². The van der Waals surface area contributed by atoms with E-state index in [-0.39, 0.29) is 28.4 Å². The predicted octanol–water partition coefficient (Wildman–Crippen LogP) is 3.92. The molecular formula is C29H29N5O8S. The van der Waals surface area contributed by atoms with E-state index in [1.54, 1.807) is 18.2 Å². The van der Waals surface area contributed by atoms with E-state index in [2.05, 4.69) is 20.7 Å². The van der Waals surface area contributed by atoms with Crippen LogP contribution in [0.15, 0.2) is 64.9 Å². The molecule has 0 saturated heterocycles. The summed E-state index contributed by atoms with van der Waals surface area (Å²) in [5, 5.41) is 22.8. The number of carboxylic acids is 1. The summed E-state index contributed by atoms with van der Waals surface area (Å²) in [7, 11) is 7.32. The number of thioether (sulfide) groups is 1. The third kappa shape index (κ3) is 6.64. The van der Waals surface area contributed by atoms with Crippen molar-refractivity contribution in [1.29, 1.82) is 0 Å². The van der Waals surface area contributed by atoms with Crippen LogP contribution in [0.2, 0.25) is 0 Å². The quantitative estimate of drug-likeness (QED) is 0.129. The maximum absolute atomic E-state index is 12.7. The summed E-state index contributed by atoms with van der Waals surface area (Å²) in [6, 6.07) is 16.0. The topological polar surface area (TPSA) is 156 Å². The molecule has 0 unspecified atom stereocenters. The van der Waals surface area contributed by atoms with Gasteiger partial charge in [0, 0.05) is 16.8 Å². The smallest absolute Gasteiger partial charge is 0.340 e. The molecule has 0 spiro atoms. The second-order valence-corrected chi connectivity index (χ2v) is 9.49. The van der Waals surface area contributed by atoms with Crippen LogP contribution in [0.4, 0.5) is 0 Å². The third-order valence-corrected chi connectivity index (χ3v) is 7.02. The highest BCUT2D eigenvalue weighted by molar-refractivity contribution is 7.99. The molecular weight excluding hydrogens is 578 g/mol. The van der Waals surface area contributed by atoms with Crippen LogP contribution in [0.5, 0.6) is 28.7 Å². The fourth-order valence-corrected chi connectivity index (χ4v) is 4.92. The number of rotatable bonds is 13. The van der Waals surface area contributed by atoms with Gasteiger partial charge in [-0.25, -0.2) is 10.2 Å². The summed E-state index contributed by atoms with van der Waals surface area (Å²) in [6.45, 7) is 0. The van der Waals surface area contributed by atoms with Gasteiger partial charge in [0.15, 0.2) is 34.0 Å². The molecule has 0 aliphatic heterocycles. The number of carboxylic acid groups (broad SMARTS) is 1. The fourth-order valence-electron chi connectivity index (χ4n) is 4.18. The molecule has 1 aromatic heterocycles. The standard InChI is InChI=1S/C29H29N5O8S/c1-38-20-12-11-17(24(28(36)37)26(20)42-5)15-30-31-23(35)16-43-29-33-32-27(34(29)19-9-7-6-8-10-19)18-13-21(39-2)25(41-4)22(14-18)40-3/h6-15H,16H2,1-5H3,(H,31,35)(H,36,37). The van der Waals surface area contributed by atoms with Gasteiger partial charge >= 0.3 is 5.97 Å². The molecule has 224 valence electrons. The number of nitrogens with one attached hydrogen (secondary N) is 1. The van der Waals surface area contributed by atoms with Crippen LogP contribution >= 0.6 is 11.8 Å². The molecule has 0 aliphatic rings. The van der Waals surface area contributed by atoms with E-state index < -0.39 is 11.9 Å². The van der Waals surface area contributed by atoms with Crippen molar-refractivity contribution in [2.75, 3.05) is 41.3 Å². The molecule has 0 aliphatic carbocycles. The molecule has 1 heterocycles. The van der Waals surface area contributed by atoms with Gasteiger partial charge in [-0.15, -0.1) is 10.2 Å². The molecule has 0 radical (unpaired) electrons. The minimum atomic E-state index is -1.23. The van der Waals surface area contributed by atoms with E-state index in [0.717, 1.165) is 17.4 Å². The minimum Gasteiger partial charge on any atom is -0.493 e. The number of nitrogens with zero attached hydrogens (tertiary/aromatic N) is 4. The monoisotopic (exact) mass is 607 g/mol. The lowest BCUT2D eigenvalue weighted by molar-refractivity contribution is -0.118. The van der Waals surface area contributed by atoms with Gasteiger partial charge in [0.25, 0.3) is 5.91 Å². The zero-order chi connectivity index (χ0) is 30.9. The average molecular weight is 608 g/mol. The van der Waals surface area contributed by atoms with Crippen LogP contribution in [0.1, 0.15) is 15.9 Å². The average Bonchev–Trinajstić information content (AvgIpc) is 3.46. The largest absolute Gasteiger partial charge is 0.493 e. The molecule has 1 amide bonds. The number of carbonyl (C=O) groups excluding carboxylic acids is 1. The van der Waals surface area contributed by atoms with Crippen LogP contribution < -0.4 is 29.1 Å². The Morgan fingerprint density at radius 1 is 0.884 bits per heavy atom. The predicted molar refractivity (Wildman–Crippen MR) is 159 cm³/mol. The Morgan fingerprint density at radius 2 is 1.53 bits per heavy atom. The van der Waals surface area contributed by atoms with E-state index in [4.69, 9.17) is 23.7 Å². The van der Waals surface area contributed by atoms with Crippen LogP contribution in [0.3, 0.4) is 0 Å². The number of ether oxygens (including phenoxy) is 5. The number of aromatic carboxylic acids is 1. The van der Waals surface area contributed by atoms with E-state index >= 15 is 0 Å². The summed E-state index contributed by atoms with van der Waals surface area (Å²) >= 11 is 1.14. The summed E-state index contributed by atoms with van der Waals surface area (Å²) in [6.07, 6.45) is 1.23. The normalized spacial score (nSPS) is 10.8. The first-order chi connectivity index (χ1) is 20.9. The SMILES string of the molecule is COc1cc(-c2nnc(SCC(=O)NN=Cc3ccc(OC)c(OC)c3C(=O)O)n2-c2ccccc2)cc(OC)c1OC. The maximum Gasteiger partial charge on any atom is 0.340 e. The van der Waals surface area contributed by atoms with E-state index in [1.165, 1.54) is 47.8 Å². The second-order valence-electron chi connectivity index (χ2n) is 8.54. The van der Waals surface area contributed by atoms with Gasteiger partial charge < -0.3 is 28.8 Å². The fraction of sp³-hybridized carbons (Fsp3) is 0.207. The molecule has 0 saturated carbocycles. The van der Waals surface area contributed by atoms with Gasteiger partial charge in [-0.1, -0.05) is 30.0 Å². The van der Waals surface area contributed by atoms with Gasteiger partial charge in [-0.05, 0) is 36.4 Å². The summed E-state index contributed by atoms with van der Waals surface area (Å²) in [5.74, 6) is 0.386.